The van der Waals surface area contributed by atoms with Gasteiger partial charge in [-0.1, -0.05) is 39.3 Å². The first kappa shape index (κ1) is 16.8. The van der Waals surface area contributed by atoms with Crippen LogP contribution in [0.25, 0.3) is 0 Å². The first-order chi connectivity index (χ1) is 10.3. The Balaban J connectivity index is 2.13. The van der Waals surface area contributed by atoms with E-state index in [2.05, 4.69) is 33.3 Å². The average Bonchev–Trinajstić information content (AvgIpc) is 3.04. The molecule has 2 aromatic heterocycles. The van der Waals surface area contributed by atoms with Crippen molar-refractivity contribution in [2.24, 2.45) is 0 Å². The van der Waals surface area contributed by atoms with E-state index in [1.165, 1.54) is 0 Å². The zero-order valence-corrected chi connectivity index (χ0v) is 15.0. The van der Waals surface area contributed by atoms with Gasteiger partial charge in [-0.05, 0) is 28.4 Å². The van der Waals surface area contributed by atoms with E-state index in [1.807, 2.05) is 43.8 Å². The Morgan fingerprint density at radius 2 is 2.23 bits per heavy atom. The van der Waals surface area contributed by atoms with Crippen LogP contribution in [0.1, 0.15) is 52.3 Å². The summed E-state index contributed by atoms with van der Waals surface area (Å²) >= 11 is 3.41. The van der Waals surface area contributed by atoms with Crippen molar-refractivity contribution >= 4 is 27.7 Å². The van der Waals surface area contributed by atoms with E-state index in [4.69, 9.17) is 4.52 Å². The van der Waals surface area contributed by atoms with Crippen molar-refractivity contribution in [1.29, 1.82) is 0 Å². The van der Waals surface area contributed by atoms with Crippen molar-refractivity contribution in [3.05, 3.63) is 34.7 Å². The van der Waals surface area contributed by atoms with Gasteiger partial charge in [-0.2, -0.15) is 0 Å². The monoisotopic (exact) mass is 367 g/mol. The number of aromatic nitrogens is 2. The third-order valence-electron chi connectivity index (χ3n) is 3.43. The SMILES string of the molecule is CCCC(C(=O)Nc1cc(C(C)(C)C)no1)n1ccc(Br)c1. The highest BCUT2D eigenvalue weighted by Crippen LogP contribution is 2.25. The second kappa shape index (κ2) is 6.69. The van der Waals surface area contributed by atoms with Crippen LogP contribution in [0, 0.1) is 0 Å². The number of nitrogens with one attached hydrogen (secondary N) is 1. The smallest absolute Gasteiger partial charge is 0.249 e. The van der Waals surface area contributed by atoms with Gasteiger partial charge in [0.15, 0.2) is 0 Å². The molecule has 0 saturated carbocycles. The van der Waals surface area contributed by atoms with Gasteiger partial charge in [0.25, 0.3) is 0 Å². The minimum atomic E-state index is -0.264. The molecule has 6 heteroatoms. The lowest BCUT2D eigenvalue weighted by molar-refractivity contribution is -0.119. The second-order valence-corrected chi connectivity index (χ2v) is 7.31. The van der Waals surface area contributed by atoms with Crippen LogP contribution in [0.4, 0.5) is 5.88 Å². The van der Waals surface area contributed by atoms with Gasteiger partial charge in [0.2, 0.25) is 11.8 Å². The maximum atomic E-state index is 12.5. The molecule has 2 aromatic rings. The van der Waals surface area contributed by atoms with Crippen LogP contribution in [0.3, 0.4) is 0 Å². The van der Waals surface area contributed by atoms with Gasteiger partial charge in [-0.25, -0.2) is 0 Å². The van der Waals surface area contributed by atoms with Gasteiger partial charge >= 0.3 is 0 Å². The second-order valence-electron chi connectivity index (χ2n) is 6.40. The van der Waals surface area contributed by atoms with Crippen LogP contribution >= 0.6 is 15.9 Å². The highest BCUT2D eigenvalue weighted by atomic mass is 79.9. The molecule has 0 bridgehead atoms. The summed E-state index contributed by atoms with van der Waals surface area (Å²) < 4.78 is 8.09. The number of amides is 1. The summed E-state index contributed by atoms with van der Waals surface area (Å²) in [7, 11) is 0. The van der Waals surface area contributed by atoms with Gasteiger partial charge in [0.1, 0.15) is 6.04 Å². The van der Waals surface area contributed by atoms with E-state index < -0.39 is 0 Å². The lowest BCUT2D eigenvalue weighted by atomic mass is 9.92. The largest absolute Gasteiger partial charge is 0.341 e. The first-order valence-electron chi connectivity index (χ1n) is 7.42. The molecule has 1 N–H and O–H groups in total. The summed E-state index contributed by atoms with van der Waals surface area (Å²) in [5.74, 6) is 0.295. The van der Waals surface area contributed by atoms with Gasteiger partial charge in [0, 0.05) is 28.3 Å². The van der Waals surface area contributed by atoms with E-state index >= 15 is 0 Å². The summed E-state index contributed by atoms with van der Waals surface area (Å²) in [5.41, 5.74) is 0.708. The Morgan fingerprint density at radius 3 is 2.73 bits per heavy atom. The van der Waals surface area contributed by atoms with E-state index in [-0.39, 0.29) is 17.4 Å². The quantitative estimate of drug-likeness (QED) is 0.844. The Hall–Kier alpha value is -1.56. The van der Waals surface area contributed by atoms with Gasteiger partial charge < -0.3 is 9.09 Å². The molecular formula is C16H22BrN3O2. The van der Waals surface area contributed by atoms with Crippen LogP contribution in [-0.4, -0.2) is 15.6 Å². The van der Waals surface area contributed by atoms with Crippen LogP contribution in [-0.2, 0) is 10.2 Å². The number of nitrogens with zero attached hydrogens (tertiary/aromatic N) is 2. The number of rotatable bonds is 5. The summed E-state index contributed by atoms with van der Waals surface area (Å²) in [5, 5.41) is 6.84. The molecule has 5 nitrogen and oxygen atoms in total. The Morgan fingerprint density at radius 1 is 1.50 bits per heavy atom. The van der Waals surface area contributed by atoms with Crippen molar-refractivity contribution < 1.29 is 9.32 Å². The third kappa shape index (κ3) is 4.00. The van der Waals surface area contributed by atoms with E-state index in [1.54, 1.807) is 6.07 Å². The van der Waals surface area contributed by atoms with Crippen LogP contribution in [0.2, 0.25) is 0 Å². The number of carbonyl (C=O) groups excluding carboxylic acids is 1. The summed E-state index contributed by atoms with van der Waals surface area (Å²) in [4.78, 5) is 12.5. The zero-order chi connectivity index (χ0) is 16.3. The molecule has 1 unspecified atom stereocenters. The molecule has 0 aliphatic heterocycles. The normalized spacial score (nSPS) is 13.1. The molecule has 0 spiro atoms. The van der Waals surface area contributed by atoms with Crippen LogP contribution in [0.15, 0.2) is 33.5 Å². The molecule has 1 atom stereocenters. The molecule has 0 aliphatic carbocycles. The highest BCUT2D eigenvalue weighted by Gasteiger charge is 2.23. The number of carbonyl (C=O) groups is 1. The Kier molecular flexibility index (Phi) is 5.11. The minimum Gasteiger partial charge on any atom is -0.341 e. The van der Waals surface area contributed by atoms with Gasteiger partial charge in [-0.15, -0.1) is 0 Å². The van der Waals surface area contributed by atoms with Gasteiger partial charge in [0.05, 0.1) is 5.69 Å². The molecule has 0 saturated heterocycles. The average molecular weight is 368 g/mol. The van der Waals surface area contributed by atoms with Crippen molar-refractivity contribution in [2.45, 2.75) is 52.0 Å². The molecular weight excluding hydrogens is 346 g/mol. The highest BCUT2D eigenvalue weighted by molar-refractivity contribution is 9.10. The molecule has 0 aromatic carbocycles. The van der Waals surface area contributed by atoms with E-state index in [0.717, 1.165) is 23.0 Å². The predicted octanol–water partition coefficient (Wildman–Crippen LogP) is 4.52. The number of hydrogen-bond acceptors (Lipinski definition) is 3. The summed E-state index contributed by atoms with van der Waals surface area (Å²) in [6.45, 7) is 8.21. The zero-order valence-electron chi connectivity index (χ0n) is 13.4. The summed E-state index contributed by atoms with van der Waals surface area (Å²) in [6.07, 6.45) is 5.47. The number of anilines is 1. The summed E-state index contributed by atoms with van der Waals surface area (Å²) in [6, 6.07) is 3.44. The Bertz CT molecular complexity index is 640. The minimum absolute atomic E-state index is 0.0958. The lowest BCUT2D eigenvalue weighted by Gasteiger charge is -2.16. The molecule has 0 fully saturated rings. The topological polar surface area (TPSA) is 60.1 Å². The fourth-order valence-corrected chi connectivity index (χ4v) is 2.52. The molecule has 2 heterocycles. The van der Waals surface area contributed by atoms with Crippen molar-refractivity contribution in [3.63, 3.8) is 0 Å². The van der Waals surface area contributed by atoms with Crippen molar-refractivity contribution in [1.82, 2.24) is 9.72 Å². The number of halogens is 1. The van der Waals surface area contributed by atoms with Crippen molar-refractivity contribution in [3.8, 4) is 0 Å². The van der Waals surface area contributed by atoms with E-state index in [9.17, 15) is 4.79 Å². The van der Waals surface area contributed by atoms with Gasteiger partial charge in [-0.3, -0.25) is 10.1 Å². The molecule has 120 valence electrons. The molecule has 0 aliphatic rings. The fraction of sp³-hybridized carbons (Fsp3) is 0.500. The fourth-order valence-electron chi connectivity index (χ4n) is 2.16. The number of hydrogen-bond donors (Lipinski definition) is 1. The standard InChI is InChI=1S/C16H22BrN3O2/c1-5-6-12(20-8-7-11(17)10-20)15(21)18-14-9-13(19-22-14)16(2,3)4/h7-10,12H,5-6H2,1-4H3,(H,18,21). The maximum Gasteiger partial charge on any atom is 0.249 e. The molecule has 2 rings (SSSR count). The van der Waals surface area contributed by atoms with Crippen molar-refractivity contribution in [2.75, 3.05) is 5.32 Å². The third-order valence-corrected chi connectivity index (χ3v) is 3.90. The Labute approximate surface area is 139 Å². The van der Waals surface area contributed by atoms with Crippen LogP contribution in [0.5, 0.6) is 0 Å². The van der Waals surface area contributed by atoms with Crippen LogP contribution < -0.4 is 5.32 Å². The molecule has 22 heavy (non-hydrogen) atoms. The predicted molar refractivity (Wildman–Crippen MR) is 89.9 cm³/mol. The van der Waals surface area contributed by atoms with E-state index in [0.29, 0.717) is 5.88 Å². The molecule has 1 amide bonds. The molecule has 0 radical (unpaired) electrons. The first-order valence-corrected chi connectivity index (χ1v) is 8.21. The maximum absolute atomic E-state index is 12.5. The lowest BCUT2D eigenvalue weighted by Crippen LogP contribution is -2.25.